The zero-order valence-corrected chi connectivity index (χ0v) is 16.0. The molecule has 1 aliphatic carbocycles. The quantitative estimate of drug-likeness (QED) is 0.596. The summed E-state index contributed by atoms with van der Waals surface area (Å²) in [5.41, 5.74) is 1.81. The molecular formula is C20H24N2O5. The lowest BCUT2D eigenvalue weighted by Crippen LogP contribution is -2.43. The van der Waals surface area contributed by atoms with E-state index in [1.54, 1.807) is 44.1 Å². The van der Waals surface area contributed by atoms with Crippen molar-refractivity contribution >= 4 is 17.7 Å². The topological polar surface area (TPSA) is 92.6 Å². The first kappa shape index (κ1) is 18.9. The number of ether oxygens (including phenoxy) is 1. The van der Waals surface area contributed by atoms with E-state index in [0.717, 1.165) is 12.8 Å². The van der Waals surface area contributed by atoms with Crippen molar-refractivity contribution < 1.29 is 23.5 Å². The number of rotatable bonds is 7. The number of aromatic nitrogens is 1. The van der Waals surface area contributed by atoms with Gasteiger partial charge in [0.1, 0.15) is 11.5 Å². The number of aryl methyl sites for hydroxylation is 1. The van der Waals surface area contributed by atoms with Gasteiger partial charge in [-0.2, -0.15) is 0 Å². The molecule has 3 rings (SSSR count). The summed E-state index contributed by atoms with van der Waals surface area (Å²) in [5.74, 6) is -0.164. The summed E-state index contributed by atoms with van der Waals surface area (Å²) in [6.07, 6.45) is 3.25. The number of methoxy groups -OCH3 is 1. The van der Waals surface area contributed by atoms with Gasteiger partial charge in [-0.15, -0.1) is 0 Å². The molecule has 1 aliphatic rings. The van der Waals surface area contributed by atoms with Crippen LogP contribution in [0.4, 0.5) is 0 Å². The standard InChI is InChI=1S/C20H24N2O5/c1-11-16(12(2)21-17(11)20(25)26-4)18(23)13(3)22(19(24)14-7-8-14)10-15-6-5-9-27-15/h5-6,9,13-14,21H,7-8,10H2,1-4H3/t13-/m0/s1. The van der Waals surface area contributed by atoms with Gasteiger partial charge in [0.05, 0.1) is 26.0 Å². The Labute approximate surface area is 157 Å². The number of H-pyrrole nitrogens is 1. The second-order valence-corrected chi connectivity index (χ2v) is 6.98. The summed E-state index contributed by atoms with van der Waals surface area (Å²) in [4.78, 5) is 42.4. The van der Waals surface area contributed by atoms with E-state index >= 15 is 0 Å². The molecule has 2 heterocycles. The first-order valence-electron chi connectivity index (χ1n) is 8.99. The van der Waals surface area contributed by atoms with Gasteiger partial charge in [-0.25, -0.2) is 4.79 Å². The molecule has 1 saturated carbocycles. The average Bonchev–Trinajstić information content (AvgIpc) is 3.30. The van der Waals surface area contributed by atoms with Crippen LogP contribution in [-0.2, 0) is 16.1 Å². The Morgan fingerprint density at radius 3 is 2.59 bits per heavy atom. The molecule has 7 nitrogen and oxygen atoms in total. The Hall–Kier alpha value is -2.83. The first-order chi connectivity index (χ1) is 12.8. The number of nitrogens with one attached hydrogen (secondary N) is 1. The minimum atomic E-state index is -0.679. The monoisotopic (exact) mass is 372 g/mol. The van der Waals surface area contributed by atoms with Crippen molar-refractivity contribution in [2.24, 2.45) is 5.92 Å². The largest absolute Gasteiger partial charge is 0.467 e. The molecular weight excluding hydrogens is 348 g/mol. The molecule has 0 aromatic carbocycles. The zero-order valence-electron chi connectivity index (χ0n) is 16.0. The van der Waals surface area contributed by atoms with E-state index in [4.69, 9.17) is 9.15 Å². The predicted molar refractivity (Wildman–Crippen MR) is 97.4 cm³/mol. The van der Waals surface area contributed by atoms with Crippen LogP contribution in [0, 0.1) is 19.8 Å². The Bertz CT molecular complexity index is 861. The number of Topliss-reactive ketones (excluding diaryl/α,β-unsaturated/α-hetero) is 1. The van der Waals surface area contributed by atoms with Crippen LogP contribution in [0.15, 0.2) is 22.8 Å². The Morgan fingerprint density at radius 1 is 1.33 bits per heavy atom. The van der Waals surface area contributed by atoms with Crippen LogP contribution in [0.1, 0.15) is 57.6 Å². The van der Waals surface area contributed by atoms with Crippen molar-refractivity contribution in [3.8, 4) is 0 Å². The summed E-state index contributed by atoms with van der Waals surface area (Å²) in [6, 6.07) is 2.86. The number of amides is 1. The van der Waals surface area contributed by atoms with E-state index in [1.807, 2.05) is 0 Å². The number of ketones is 1. The van der Waals surface area contributed by atoms with Gasteiger partial charge in [0.15, 0.2) is 5.78 Å². The normalized spacial score (nSPS) is 14.7. The lowest BCUT2D eigenvalue weighted by Gasteiger charge is -2.28. The van der Waals surface area contributed by atoms with Crippen LogP contribution in [0.2, 0.25) is 0 Å². The number of furan rings is 1. The molecule has 27 heavy (non-hydrogen) atoms. The average molecular weight is 372 g/mol. The Balaban J connectivity index is 1.90. The number of hydrogen-bond acceptors (Lipinski definition) is 5. The van der Waals surface area contributed by atoms with Crippen LogP contribution < -0.4 is 0 Å². The lowest BCUT2D eigenvalue weighted by molar-refractivity contribution is -0.134. The highest BCUT2D eigenvalue weighted by Gasteiger charge is 2.38. The molecule has 0 unspecified atom stereocenters. The summed E-state index contributed by atoms with van der Waals surface area (Å²) >= 11 is 0. The third-order valence-corrected chi connectivity index (χ3v) is 5.04. The fraction of sp³-hybridized carbons (Fsp3) is 0.450. The zero-order chi connectivity index (χ0) is 19.7. The van der Waals surface area contributed by atoms with Gasteiger partial charge < -0.3 is 19.0 Å². The summed E-state index contributed by atoms with van der Waals surface area (Å²) in [6.45, 7) is 5.39. The fourth-order valence-electron chi connectivity index (χ4n) is 3.32. The molecule has 0 radical (unpaired) electrons. The van der Waals surface area contributed by atoms with Crippen LogP contribution in [-0.4, -0.2) is 40.7 Å². The number of aromatic amines is 1. The van der Waals surface area contributed by atoms with Crippen molar-refractivity contribution in [3.63, 3.8) is 0 Å². The van der Waals surface area contributed by atoms with Crippen molar-refractivity contribution in [3.05, 3.63) is 46.7 Å². The molecule has 0 bridgehead atoms. The highest BCUT2D eigenvalue weighted by atomic mass is 16.5. The number of nitrogens with zero attached hydrogens (tertiary/aromatic N) is 1. The third-order valence-electron chi connectivity index (χ3n) is 5.04. The van der Waals surface area contributed by atoms with Gasteiger partial charge in [-0.1, -0.05) is 0 Å². The van der Waals surface area contributed by atoms with E-state index < -0.39 is 12.0 Å². The van der Waals surface area contributed by atoms with Gasteiger partial charge in [0, 0.05) is 17.2 Å². The SMILES string of the molecule is COC(=O)c1[nH]c(C)c(C(=O)[C@H](C)N(Cc2ccco2)C(=O)C2CC2)c1C. The van der Waals surface area contributed by atoms with Crippen molar-refractivity contribution in [2.75, 3.05) is 7.11 Å². The molecule has 7 heteroatoms. The molecule has 0 spiro atoms. The van der Waals surface area contributed by atoms with Gasteiger partial charge >= 0.3 is 5.97 Å². The predicted octanol–water partition coefficient (Wildman–Crippen LogP) is 3.02. The first-order valence-corrected chi connectivity index (χ1v) is 8.99. The minimum Gasteiger partial charge on any atom is -0.467 e. The summed E-state index contributed by atoms with van der Waals surface area (Å²) in [7, 11) is 1.29. The van der Waals surface area contributed by atoms with Crippen molar-refractivity contribution in [1.29, 1.82) is 0 Å². The van der Waals surface area contributed by atoms with Crippen LogP contribution in [0.3, 0.4) is 0 Å². The fourth-order valence-corrected chi connectivity index (χ4v) is 3.32. The molecule has 144 valence electrons. The van der Waals surface area contributed by atoms with Crippen LogP contribution in [0.5, 0.6) is 0 Å². The van der Waals surface area contributed by atoms with E-state index in [-0.39, 0.29) is 29.8 Å². The number of esters is 1. The van der Waals surface area contributed by atoms with Crippen LogP contribution >= 0.6 is 0 Å². The van der Waals surface area contributed by atoms with Crippen molar-refractivity contribution in [2.45, 2.75) is 46.2 Å². The van der Waals surface area contributed by atoms with Gasteiger partial charge in [-0.05, 0) is 51.3 Å². The molecule has 2 aromatic heterocycles. The van der Waals surface area contributed by atoms with Gasteiger partial charge in [0.2, 0.25) is 5.91 Å². The number of hydrogen-bond donors (Lipinski definition) is 1. The second kappa shape index (κ2) is 7.42. The van der Waals surface area contributed by atoms with Crippen molar-refractivity contribution in [1.82, 2.24) is 9.88 Å². The summed E-state index contributed by atoms with van der Waals surface area (Å²) in [5, 5.41) is 0. The van der Waals surface area contributed by atoms with Crippen LogP contribution in [0.25, 0.3) is 0 Å². The Morgan fingerprint density at radius 2 is 2.04 bits per heavy atom. The van der Waals surface area contributed by atoms with E-state index in [9.17, 15) is 14.4 Å². The maximum absolute atomic E-state index is 13.2. The van der Waals surface area contributed by atoms with Gasteiger partial charge in [-0.3, -0.25) is 9.59 Å². The molecule has 0 saturated heterocycles. The molecule has 2 aromatic rings. The van der Waals surface area contributed by atoms with E-state index in [0.29, 0.717) is 22.6 Å². The Kier molecular flexibility index (Phi) is 5.21. The summed E-state index contributed by atoms with van der Waals surface area (Å²) < 4.78 is 10.1. The molecule has 1 N–H and O–H groups in total. The van der Waals surface area contributed by atoms with E-state index in [2.05, 4.69) is 4.98 Å². The third kappa shape index (κ3) is 3.67. The molecule has 1 atom stereocenters. The molecule has 1 amide bonds. The smallest absolute Gasteiger partial charge is 0.354 e. The minimum absolute atomic E-state index is 0.0192. The molecule has 0 aliphatic heterocycles. The highest BCUT2D eigenvalue weighted by Crippen LogP contribution is 2.33. The number of carbonyl (C=O) groups is 3. The molecule has 1 fully saturated rings. The highest BCUT2D eigenvalue weighted by molar-refractivity contribution is 6.06. The second-order valence-electron chi connectivity index (χ2n) is 6.98. The lowest BCUT2D eigenvalue weighted by atomic mass is 9.99. The van der Waals surface area contributed by atoms with E-state index in [1.165, 1.54) is 7.11 Å². The van der Waals surface area contributed by atoms with Gasteiger partial charge in [0.25, 0.3) is 0 Å². The number of carbonyl (C=O) groups excluding carboxylic acids is 3. The maximum atomic E-state index is 13.2. The maximum Gasteiger partial charge on any atom is 0.354 e.